The molecule has 0 saturated heterocycles. The van der Waals surface area contributed by atoms with Gasteiger partial charge in [-0.25, -0.2) is 4.99 Å². The Morgan fingerprint density at radius 2 is 1.17 bits per heavy atom. The van der Waals surface area contributed by atoms with E-state index < -0.39 is 0 Å². The number of anilines is 1. The van der Waals surface area contributed by atoms with Gasteiger partial charge in [-0.05, 0) is 62.9 Å². The van der Waals surface area contributed by atoms with E-state index in [2.05, 4.69) is 137 Å². The second-order valence-electron chi connectivity index (χ2n) is 12.4. The Balaban J connectivity index is 1.26. The van der Waals surface area contributed by atoms with Crippen molar-refractivity contribution in [3.8, 4) is 22.3 Å². The van der Waals surface area contributed by atoms with Gasteiger partial charge in [-0.15, -0.1) is 0 Å². The zero-order valence-electron chi connectivity index (χ0n) is 24.7. The summed E-state index contributed by atoms with van der Waals surface area (Å²) in [6.45, 7) is 0. The Hall–Kier alpha value is -6.13. The lowest BCUT2D eigenvalue weighted by Gasteiger charge is -2.29. The van der Waals surface area contributed by atoms with Crippen LogP contribution in [0.1, 0.15) is 11.6 Å². The molecule has 1 aliphatic heterocycles. The molecule has 1 atom stereocenters. The number of nitrogens with zero attached hydrogens (tertiary/aromatic N) is 2. The normalized spacial score (nSPS) is 15.0. The van der Waals surface area contributed by atoms with Gasteiger partial charge in [0.1, 0.15) is 23.0 Å². The van der Waals surface area contributed by atoms with Gasteiger partial charge in [0.05, 0.1) is 22.4 Å². The molecule has 1 N–H and O–H groups in total. The summed E-state index contributed by atoms with van der Waals surface area (Å²) in [6.07, 6.45) is 0. The summed E-state index contributed by atoms with van der Waals surface area (Å²) in [6, 6.07) is 49.8. The fourth-order valence-corrected chi connectivity index (χ4v) is 8.03. The molecular formula is C42H25N3O. The van der Waals surface area contributed by atoms with Crippen LogP contribution in [-0.4, -0.2) is 10.4 Å². The molecule has 46 heavy (non-hydrogen) atoms. The van der Waals surface area contributed by atoms with E-state index in [1.807, 2.05) is 12.1 Å². The third-order valence-electron chi connectivity index (χ3n) is 9.95. The minimum Gasteiger partial charge on any atom is -0.456 e. The van der Waals surface area contributed by atoms with Gasteiger partial charge in [-0.2, -0.15) is 0 Å². The van der Waals surface area contributed by atoms with Gasteiger partial charge in [0.2, 0.25) is 0 Å². The fraction of sp³-hybridized carbons (Fsp3) is 0.0238. The molecule has 4 heteroatoms. The first-order valence-corrected chi connectivity index (χ1v) is 15.8. The van der Waals surface area contributed by atoms with E-state index in [0.717, 1.165) is 55.7 Å². The van der Waals surface area contributed by atoms with Crippen LogP contribution in [0.15, 0.2) is 149 Å². The lowest BCUT2D eigenvalue weighted by atomic mass is 9.93. The molecule has 1 aliphatic carbocycles. The van der Waals surface area contributed by atoms with E-state index in [4.69, 9.17) is 9.41 Å². The second kappa shape index (κ2) is 8.74. The largest absolute Gasteiger partial charge is 0.456 e. The number of para-hydroxylation sites is 1. The standard InChI is InChI=1S/C42H25N3O/c1-2-10-25(11-3-1)41-42(44-32-22-31-26-14-4-5-21-36(26)46-37(31)23-33(32)43-41)45-34-19-8-17-29-27-15-6-12-24-13-7-16-28(38(24)27)30-18-9-20-35(45)40(30)39(29)34/h1-23,41,43H. The predicted molar refractivity (Wildman–Crippen MR) is 190 cm³/mol. The van der Waals surface area contributed by atoms with Gasteiger partial charge in [0, 0.05) is 27.6 Å². The first-order valence-electron chi connectivity index (χ1n) is 15.8. The summed E-state index contributed by atoms with van der Waals surface area (Å²) in [4.78, 5) is 5.54. The van der Waals surface area contributed by atoms with Crippen LogP contribution < -0.4 is 5.32 Å². The second-order valence-corrected chi connectivity index (χ2v) is 12.4. The van der Waals surface area contributed by atoms with Crippen molar-refractivity contribution < 1.29 is 4.42 Å². The summed E-state index contributed by atoms with van der Waals surface area (Å²) in [5.74, 6) is 0.951. The van der Waals surface area contributed by atoms with Crippen molar-refractivity contribution in [2.45, 2.75) is 6.04 Å². The highest BCUT2D eigenvalue weighted by Crippen LogP contribution is 2.50. The van der Waals surface area contributed by atoms with Crippen molar-refractivity contribution >= 4 is 71.7 Å². The smallest absolute Gasteiger partial charge is 0.141 e. The summed E-state index contributed by atoms with van der Waals surface area (Å²) >= 11 is 0. The monoisotopic (exact) mass is 587 g/mol. The Labute approximate surface area is 263 Å². The van der Waals surface area contributed by atoms with E-state index >= 15 is 0 Å². The number of fused-ring (bicyclic) bond motifs is 6. The van der Waals surface area contributed by atoms with Gasteiger partial charge >= 0.3 is 0 Å². The topological polar surface area (TPSA) is 42.5 Å². The van der Waals surface area contributed by atoms with Crippen LogP contribution in [0.3, 0.4) is 0 Å². The van der Waals surface area contributed by atoms with Crippen LogP contribution in [0, 0.1) is 0 Å². The molecule has 7 aromatic carbocycles. The van der Waals surface area contributed by atoms with Crippen molar-refractivity contribution in [1.29, 1.82) is 0 Å². The molecule has 0 amide bonds. The Morgan fingerprint density at radius 1 is 0.543 bits per heavy atom. The zero-order valence-corrected chi connectivity index (χ0v) is 24.7. The van der Waals surface area contributed by atoms with Crippen LogP contribution in [0.2, 0.25) is 0 Å². The highest BCUT2D eigenvalue weighted by molar-refractivity contribution is 6.29. The van der Waals surface area contributed by atoms with Crippen molar-refractivity contribution in [1.82, 2.24) is 4.57 Å². The third-order valence-corrected chi connectivity index (χ3v) is 9.95. The maximum Gasteiger partial charge on any atom is 0.141 e. The maximum atomic E-state index is 6.28. The Kier molecular flexibility index (Phi) is 4.60. The highest BCUT2D eigenvalue weighted by atomic mass is 16.3. The molecule has 3 heterocycles. The molecule has 0 radical (unpaired) electrons. The van der Waals surface area contributed by atoms with Crippen molar-refractivity contribution in [3.63, 3.8) is 0 Å². The van der Waals surface area contributed by atoms with Crippen molar-refractivity contribution in [3.05, 3.63) is 145 Å². The van der Waals surface area contributed by atoms with E-state index in [9.17, 15) is 0 Å². The number of hydrogen-bond acceptors (Lipinski definition) is 3. The lowest BCUT2D eigenvalue weighted by Crippen LogP contribution is -2.29. The van der Waals surface area contributed by atoms with E-state index in [1.165, 1.54) is 43.8 Å². The first-order chi connectivity index (χ1) is 22.8. The minimum absolute atomic E-state index is 0.180. The summed E-state index contributed by atoms with van der Waals surface area (Å²) in [5.41, 5.74) is 12.2. The maximum absolute atomic E-state index is 6.28. The van der Waals surface area contributed by atoms with Crippen molar-refractivity contribution in [2.75, 3.05) is 5.32 Å². The van der Waals surface area contributed by atoms with Crippen LogP contribution >= 0.6 is 0 Å². The molecule has 2 aliphatic rings. The number of benzene rings is 7. The SMILES string of the molecule is c1ccc(C2Nc3cc4oc5ccccc5c4cc3N=C2n2c3cccc4c3c3c(cccc32)-c2cccc3cccc-4c23)cc1. The molecule has 0 bridgehead atoms. The molecule has 214 valence electrons. The summed E-state index contributed by atoms with van der Waals surface area (Å²) < 4.78 is 8.68. The van der Waals surface area contributed by atoms with Crippen LogP contribution in [0.25, 0.3) is 76.8 Å². The summed E-state index contributed by atoms with van der Waals surface area (Å²) in [5, 5.41) is 11.2. The number of hydrogen-bond donors (Lipinski definition) is 1. The number of furan rings is 1. The molecular weight excluding hydrogens is 562 g/mol. The number of aromatic nitrogens is 1. The van der Waals surface area contributed by atoms with Crippen LogP contribution in [0.4, 0.5) is 11.4 Å². The molecule has 0 fully saturated rings. The van der Waals surface area contributed by atoms with Gasteiger partial charge in [-0.1, -0.05) is 109 Å². The van der Waals surface area contributed by atoms with E-state index in [0.29, 0.717) is 0 Å². The average molecular weight is 588 g/mol. The lowest BCUT2D eigenvalue weighted by molar-refractivity contribution is 0.669. The Bertz CT molecular complexity index is 2690. The number of aliphatic imine (C=N–C) groups is 1. The highest BCUT2D eigenvalue weighted by Gasteiger charge is 2.31. The fourth-order valence-electron chi connectivity index (χ4n) is 8.03. The van der Waals surface area contributed by atoms with Crippen LogP contribution in [0.5, 0.6) is 0 Å². The third kappa shape index (κ3) is 3.10. The van der Waals surface area contributed by atoms with Gasteiger partial charge < -0.3 is 9.73 Å². The molecule has 9 aromatic rings. The quantitative estimate of drug-likeness (QED) is 0.208. The molecule has 0 spiro atoms. The average Bonchev–Trinajstić information content (AvgIpc) is 3.61. The molecule has 1 unspecified atom stereocenters. The zero-order chi connectivity index (χ0) is 29.9. The minimum atomic E-state index is -0.180. The first kappa shape index (κ1) is 24.2. The van der Waals surface area contributed by atoms with E-state index in [1.54, 1.807) is 0 Å². The summed E-state index contributed by atoms with van der Waals surface area (Å²) in [7, 11) is 0. The van der Waals surface area contributed by atoms with Gasteiger partial charge in [0.25, 0.3) is 0 Å². The predicted octanol–water partition coefficient (Wildman–Crippen LogP) is 11.2. The molecule has 2 aromatic heterocycles. The number of rotatable bonds is 1. The van der Waals surface area contributed by atoms with E-state index in [-0.39, 0.29) is 6.04 Å². The molecule has 0 saturated carbocycles. The van der Waals surface area contributed by atoms with Crippen molar-refractivity contribution in [2.24, 2.45) is 4.99 Å². The Morgan fingerprint density at radius 3 is 1.89 bits per heavy atom. The number of nitrogens with one attached hydrogen (secondary N) is 1. The van der Waals surface area contributed by atoms with Gasteiger partial charge in [-0.3, -0.25) is 4.57 Å². The van der Waals surface area contributed by atoms with Gasteiger partial charge in [0.15, 0.2) is 0 Å². The van der Waals surface area contributed by atoms with Crippen LogP contribution in [-0.2, 0) is 0 Å². The molecule has 11 rings (SSSR count). The molecule has 4 nitrogen and oxygen atoms in total.